The van der Waals surface area contributed by atoms with Crippen molar-refractivity contribution in [3.05, 3.63) is 52.9 Å². The average Bonchev–Trinajstić information content (AvgIpc) is 2.77. The van der Waals surface area contributed by atoms with Gasteiger partial charge in [-0.1, -0.05) is 42.4 Å². The number of carbonyl (C=O) groups is 1. The molecule has 1 aromatic carbocycles. The summed E-state index contributed by atoms with van der Waals surface area (Å²) in [5.41, 5.74) is 2.90. The number of aromatic nitrogens is 1. The van der Waals surface area contributed by atoms with Gasteiger partial charge < -0.3 is 9.84 Å². The monoisotopic (exact) mass is 272 g/mol. The van der Waals surface area contributed by atoms with Gasteiger partial charge in [0.05, 0.1) is 12.1 Å². The molecule has 1 atom stereocenters. The Hall–Kier alpha value is -2.10. The van der Waals surface area contributed by atoms with Crippen molar-refractivity contribution in [2.45, 2.75) is 33.1 Å². The molecule has 0 saturated heterocycles. The van der Waals surface area contributed by atoms with Crippen LogP contribution >= 0.6 is 0 Å². The lowest BCUT2D eigenvalue weighted by Gasteiger charge is -2.13. The van der Waals surface area contributed by atoms with Crippen LogP contribution in [0, 0.1) is 13.8 Å². The van der Waals surface area contributed by atoms with E-state index in [-0.39, 0.29) is 5.91 Å². The predicted octanol–water partition coefficient (Wildman–Crippen LogP) is 2.75. The zero-order chi connectivity index (χ0) is 14.5. The van der Waals surface area contributed by atoms with Crippen LogP contribution < -0.4 is 5.32 Å². The van der Waals surface area contributed by atoms with E-state index in [1.807, 2.05) is 32.0 Å². The average molecular weight is 272 g/mol. The number of hydrogen-bond acceptors (Lipinski definition) is 3. The molecule has 1 amide bonds. The molecule has 106 valence electrons. The van der Waals surface area contributed by atoms with Crippen LogP contribution in [-0.2, 0) is 11.2 Å². The Labute approximate surface area is 119 Å². The molecule has 1 unspecified atom stereocenters. The molecule has 0 aliphatic carbocycles. The summed E-state index contributed by atoms with van der Waals surface area (Å²) in [5, 5.41) is 6.82. The number of rotatable bonds is 5. The van der Waals surface area contributed by atoms with Crippen molar-refractivity contribution >= 4 is 5.91 Å². The molecule has 0 saturated carbocycles. The molecule has 2 aromatic rings. The van der Waals surface area contributed by atoms with Crippen molar-refractivity contribution in [2.24, 2.45) is 0 Å². The second-order valence-electron chi connectivity index (χ2n) is 5.10. The van der Waals surface area contributed by atoms with E-state index in [0.29, 0.717) is 24.6 Å². The number of nitrogens with zero attached hydrogens (tertiary/aromatic N) is 1. The van der Waals surface area contributed by atoms with Gasteiger partial charge in [0, 0.05) is 12.1 Å². The standard InChI is InChI=1S/C16H20N2O2/c1-11(14-7-5-4-6-8-14)10-17-16(19)9-15-12(2)18-20-13(15)3/h4-8,11H,9-10H2,1-3H3,(H,17,19). The molecular weight excluding hydrogens is 252 g/mol. The Morgan fingerprint density at radius 3 is 2.60 bits per heavy atom. The number of hydrogen-bond donors (Lipinski definition) is 1. The van der Waals surface area contributed by atoms with E-state index in [4.69, 9.17) is 4.52 Å². The Bertz CT molecular complexity index is 556. The lowest BCUT2D eigenvalue weighted by molar-refractivity contribution is -0.120. The van der Waals surface area contributed by atoms with Crippen molar-refractivity contribution in [1.82, 2.24) is 10.5 Å². The zero-order valence-electron chi connectivity index (χ0n) is 12.1. The SMILES string of the molecule is Cc1noc(C)c1CC(=O)NCC(C)c1ccccc1. The largest absolute Gasteiger partial charge is 0.361 e. The van der Waals surface area contributed by atoms with Gasteiger partial charge in [0.1, 0.15) is 5.76 Å². The summed E-state index contributed by atoms with van der Waals surface area (Å²) < 4.78 is 5.06. The highest BCUT2D eigenvalue weighted by molar-refractivity contribution is 5.79. The minimum Gasteiger partial charge on any atom is -0.361 e. The molecule has 1 N–H and O–H groups in total. The highest BCUT2D eigenvalue weighted by atomic mass is 16.5. The summed E-state index contributed by atoms with van der Waals surface area (Å²) in [5.74, 6) is 1.01. The second kappa shape index (κ2) is 6.37. The van der Waals surface area contributed by atoms with Gasteiger partial charge in [-0.3, -0.25) is 4.79 Å². The summed E-state index contributed by atoms with van der Waals surface area (Å²) in [4.78, 5) is 12.0. The Morgan fingerprint density at radius 1 is 1.30 bits per heavy atom. The van der Waals surface area contributed by atoms with Crippen LogP contribution in [0.25, 0.3) is 0 Å². The molecule has 0 aliphatic heterocycles. The number of carbonyl (C=O) groups excluding carboxylic acids is 1. The first kappa shape index (κ1) is 14.3. The Kier molecular flexibility index (Phi) is 4.56. The molecule has 20 heavy (non-hydrogen) atoms. The Morgan fingerprint density at radius 2 is 2.00 bits per heavy atom. The maximum absolute atomic E-state index is 12.0. The maximum Gasteiger partial charge on any atom is 0.224 e. The summed E-state index contributed by atoms with van der Waals surface area (Å²) in [6.07, 6.45) is 0.322. The minimum absolute atomic E-state index is 0.00202. The number of aryl methyl sites for hydroxylation is 2. The van der Waals surface area contributed by atoms with Gasteiger partial charge in [-0.15, -0.1) is 0 Å². The number of nitrogens with one attached hydrogen (secondary N) is 1. The topological polar surface area (TPSA) is 55.1 Å². The zero-order valence-corrected chi connectivity index (χ0v) is 12.1. The highest BCUT2D eigenvalue weighted by Crippen LogP contribution is 2.14. The molecule has 0 spiro atoms. The van der Waals surface area contributed by atoms with E-state index in [1.165, 1.54) is 5.56 Å². The third-order valence-corrected chi connectivity index (χ3v) is 3.49. The maximum atomic E-state index is 12.0. The van der Waals surface area contributed by atoms with E-state index >= 15 is 0 Å². The van der Waals surface area contributed by atoms with E-state index in [1.54, 1.807) is 0 Å². The van der Waals surface area contributed by atoms with Gasteiger partial charge in [-0.25, -0.2) is 0 Å². The van der Waals surface area contributed by atoms with Gasteiger partial charge in [0.15, 0.2) is 0 Å². The van der Waals surface area contributed by atoms with Crippen LogP contribution in [0.3, 0.4) is 0 Å². The first-order valence-electron chi connectivity index (χ1n) is 6.81. The third-order valence-electron chi connectivity index (χ3n) is 3.49. The van der Waals surface area contributed by atoms with Crippen molar-refractivity contribution in [2.75, 3.05) is 6.54 Å². The molecule has 1 heterocycles. The summed E-state index contributed by atoms with van der Waals surface area (Å²) in [6.45, 7) is 6.42. The minimum atomic E-state index is 0.00202. The van der Waals surface area contributed by atoms with Gasteiger partial charge >= 0.3 is 0 Å². The second-order valence-corrected chi connectivity index (χ2v) is 5.10. The van der Waals surface area contributed by atoms with Gasteiger partial charge in [0.2, 0.25) is 5.91 Å². The van der Waals surface area contributed by atoms with Crippen LogP contribution in [-0.4, -0.2) is 17.6 Å². The van der Waals surface area contributed by atoms with Gasteiger partial charge in [-0.05, 0) is 25.3 Å². The highest BCUT2D eigenvalue weighted by Gasteiger charge is 2.14. The first-order valence-corrected chi connectivity index (χ1v) is 6.81. The lowest BCUT2D eigenvalue weighted by atomic mass is 10.0. The van der Waals surface area contributed by atoms with Crippen molar-refractivity contribution in [3.63, 3.8) is 0 Å². The fourth-order valence-electron chi connectivity index (χ4n) is 2.14. The molecule has 2 rings (SSSR count). The Balaban J connectivity index is 1.87. The van der Waals surface area contributed by atoms with Crippen LogP contribution in [0.15, 0.2) is 34.9 Å². The van der Waals surface area contributed by atoms with E-state index < -0.39 is 0 Å². The third kappa shape index (κ3) is 3.47. The molecule has 1 aromatic heterocycles. The van der Waals surface area contributed by atoms with Crippen molar-refractivity contribution in [3.8, 4) is 0 Å². The van der Waals surface area contributed by atoms with Crippen LogP contribution in [0.5, 0.6) is 0 Å². The molecule has 0 radical (unpaired) electrons. The predicted molar refractivity (Wildman–Crippen MR) is 77.5 cm³/mol. The van der Waals surface area contributed by atoms with Gasteiger partial charge in [-0.2, -0.15) is 0 Å². The molecule has 0 fully saturated rings. The van der Waals surface area contributed by atoms with Gasteiger partial charge in [0.25, 0.3) is 0 Å². The molecule has 4 nitrogen and oxygen atoms in total. The normalized spacial score (nSPS) is 12.2. The van der Waals surface area contributed by atoms with Crippen LogP contribution in [0.4, 0.5) is 0 Å². The fourth-order valence-corrected chi connectivity index (χ4v) is 2.14. The smallest absolute Gasteiger partial charge is 0.224 e. The summed E-state index contributed by atoms with van der Waals surface area (Å²) in [7, 11) is 0. The number of benzene rings is 1. The lowest BCUT2D eigenvalue weighted by Crippen LogP contribution is -2.29. The molecule has 0 bridgehead atoms. The number of amides is 1. The van der Waals surface area contributed by atoms with E-state index in [9.17, 15) is 4.79 Å². The van der Waals surface area contributed by atoms with E-state index in [2.05, 4.69) is 29.5 Å². The molecule has 4 heteroatoms. The molecule has 0 aliphatic rings. The van der Waals surface area contributed by atoms with Crippen LogP contribution in [0.1, 0.15) is 35.4 Å². The molecular formula is C16H20N2O2. The van der Waals surface area contributed by atoms with Crippen molar-refractivity contribution in [1.29, 1.82) is 0 Å². The first-order chi connectivity index (χ1) is 9.58. The fraction of sp³-hybridized carbons (Fsp3) is 0.375. The van der Waals surface area contributed by atoms with Crippen molar-refractivity contribution < 1.29 is 9.32 Å². The summed E-state index contributed by atoms with van der Waals surface area (Å²) in [6, 6.07) is 10.2. The summed E-state index contributed by atoms with van der Waals surface area (Å²) >= 11 is 0. The van der Waals surface area contributed by atoms with Crippen LogP contribution in [0.2, 0.25) is 0 Å². The van der Waals surface area contributed by atoms with E-state index in [0.717, 1.165) is 11.3 Å². The quantitative estimate of drug-likeness (QED) is 0.910.